The smallest absolute Gasteiger partial charge is 0.355 e. The number of carbonyl (C=O) groups excluding carboxylic acids is 3. The minimum Gasteiger partial charge on any atom is -0.463 e. The van der Waals surface area contributed by atoms with E-state index in [1.807, 2.05) is 0 Å². The summed E-state index contributed by atoms with van der Waals surface area (Å²) in [6.45, 7) is 5.98. The number of hydrogen-bond acceptors (Lipinski definition) is 5. The zero-order valence-electron chi connectivity index (χ0n) is 8.11. The SMILES string of the molecule is C=CC(=O)OC(C(C)=O)C(=O)OCC. The fraction of sp³-hybridized carbons (Fsp3) is 0.444. The summed E-state index contributed by atoms with van der Waals surface area (Å²) >= 11 is 0. The third kappa shape index (κ3) is 3.84. The molecule has 0 heterocycles. The van der Waals surface area contributed by atoms with Gasteiger partial charge in [-0.25, -0.2) is 9.59 Å². The molecule has 14 heavy (non-hydrogen) atoms. The molecule has 5 heteroatoms. The highest BCUT2D eigenvalue weighted by Gasteiger charge is 2.27. The molecule has 0 N–H and O–H groups in total. The Morgan fingerprint density at radius 1 is 1.43 bits per heavy atom. The van der Waals surface area contributed by atoms with E-state index in [9.17, 15) is 14.4 Å². The van der Waals surface area contributed by atoms with Crippen molar-refractivity contribution in [3.05, 3.63) is 12.7 Å². The Labute approximate surface area is 81.7 Å². The van der Waals surface area contributed by atoms with Crippen molar-refractivity contribution in [3.63, 3.8) is 0 Å². The number of ketones is 1. The minimum atomic E-state index is -1.49. The summed E-state index contributed by atoms with van der Waals surface area (Å²) in [7, 11) is 0. The van der Waals surface area contributed by atoms with E-state index in [-0.39, 0.29) is 6.61 Å². The monoisotopic (exact) mass is 200 g/mol. The van der Waals surface area contributed by atoms with Gasteiger partial charge in [-0.2, -0.15) is 0 Å². The third-order valence-electron chi connectivity index (χ3n) is 1.27. The summed E-state index contributed by atoms with van der Waals surface area (Å²) < 4.78 is 9.03. The first kappa shape index (κ1) is 12.3. The molecule has 0 aliphatic carbocycles. The summed E-state index contributed by atoms with van der Waals surface area (Å²) in [6, 6.07) is 0. The van der Waals surface area contributed by atoms with E-state index in [0.717, 1.165) is 13.0 Å². The molecule has 0 saturated carbocycles. The first-order valence-electron chi connectivity index (χ1n) is 4.03. The summed E-state index contributed by atoms with van der Waals surface area (Å²) in [5, 5.41) is 0. The highest BCUT2D eigenvalue weighted by atomic mass is 16.6. The van der Waals surface area contributed by atoms with Crippen molar-refractivity contribution < 1.29 is 23.9 Å². The molecule has 0 aromatic heterocycles. The normalized spacial score (nSPS) is 11.3. The van der Waals surface area contributed by atoms with E-state index < -0.39 is 23.8 Å². The summed E-state index contributed by atoms with van der Waals surface area (Å²) in [6.07, 6.45) is -0.615. The highest BCUT2D eigenvalue weighted by Crippen LogP contribution is 1.99. The van der Waals surface area contributed by atoms with Gasteiger partial charge in [0.25, 0.3) is 6.10 Å². The van der Waals surface area contributed by atoms with Crippen LogP contribution in [0.15, 0.2) is 12.7 Å². The van der Waals surface area contributed by atoms with Gasteiger partial charge in [-0.15, -0.1) is 0 Å². The maximum atomic E-state index is 11.1. The standard InChI is InChI=1S/C9H12O5/c1-4-7(11)14-8(6(3)10)9(12)13-5-2/h4,8H,1,5H2,2-3H3. The second kappa shape index (κ2) is 5.90. The second-order valence-electron chi connectivity index (χ2n) is 2.38. The van der Waals surface area contributed by atoms with Crippen LogP contribution in [0.4, 0.5) is 0 Å². The lowest BCUT2D eigenvalue weighted by Crippen LogP contribution is -2.34. The van der Waals surface area contributed by atoms with Gasteiger partial charge in [-0.1, -0.05) is 6.58 Å². The molecule has 0 rings (SSSR count). The zero-order valence-corrected chi connectivity index (χ0v) is 8.11. The summed E-state index contributed by atoms with van der Waals surface area (Å²) in [5.41, 5.74) is 0. The molecule has 78 valence electrons. The topological polar surface area (TPSA) is 69.7 Å². The molecule has 0 bridgehead atoms. The van der Waals surface area contributed by atoms with Crippen molar-refractivity contribution in [3.8, 4) is 0 Å². The Kier molecular flexibility index (Phi) is 5.21. The molecule has 0 fully saturated rings. The van der Waals surface area contributed by atoms with Crippen LogP contribution in [0.1, 0.15) is 13.8 Å². The first-order valence-corrected chi connectivity index (χ1v) is 4.03. The van der Waals surface area contributed by atoms with Gasteiger partial charge in [-0.05, 0) is 13.8 Å². The maximum absolute atomic E-state index is 11.1. The maximum Gasteiger partial charge on any atom is 0.355 e. The van der Waals surface area contributed by atoms with Crippen LogP contribution in [0.25, 0.3) is 0 Å². The lowest BCUT2D eigenvalue weighted by atomic mass is 10.2. The predicted octanol–water partition coefficient (Wildman–Crippen LogP) is 0.236. The molecule has 1 atom stereocenters. The van der Waals surface area contributed by atoms with Crippen LogP contribution in [0.5, 0.6) is 0 Å². The molecule has 0 amide bonds. The molecule has 0 aromatic carbocycles. The Morgan fingerprint density at radius 3 is 2.36 bits per heavy atom. The fourth-order valence-corrected chi connectivity index (χ4v) is 0.679. The number of rotatable bonds is 5. The lowest BCUT2D eigenvalue weighted by Gasteiger charge is -2.11. The first-order chi connectivity index (χ1) is 6.52. The van der Waals surface area contributed by atoms with E-state index in [1.54, 1.807) is 6.92 Å². The Bertz CT molecular complexity index is 256. The summed E-state index contributed by atoms with van der Waals surface area (Å²) in [5.74, 6) is -2.29. The Morgan fingerprint density at radius 2 is 2.00 bits per heavy atom. The molecule has 0 spiro atoms. The van der Waals surface area contributed by atoms with Crippen LogP contribution in [-0.2, 0) is 23.9 Å². The van der Waals surface area contributed by atoms with E-state index in [1.165, 1.54) is 0 Å². The zero-order chi connectivity index (χ0) is 11.1. The van der Waals surface area contributed by atoms with Crippen molar-refractivity contribution in [1.82, 2.24) is 0 Å². The van der Waals surface area contributed by atoms with Crippen LogP contribution < -0.4 is 0 Å². The number of carbonyl (C=O) groups is 3. The van der Waals surface area contributed by atoms with Gasteiger partial charge in [-0.3, -0.25) is 4.79 Å². The second-order valence-corrected chi connectivity index (χ2v) is 2.38. The Balaban J connectivity index is 4.44. The lowest BCUT2D eigenvalue weighted by molar-refractivity contribution is -0.168. The van der Waals surface area contributed by atoms with Crippen LogP contribution in [0.3, 0.4) is 0 Å². The van der Waals surface area contributed by atoms with Gasteiger partial charge < -0.3 is 9.47 Å². The molecular formula is C9H12O5. The third-order valence-corrected chi connectivity index (χ3v) is 1.27. The quantitative estimate of drug-likeness (QED) is 0.361. The van der Waals surface area contributed by atoms with Crippen LogP contribution >= 0.6 is 0 Å². The molecule has 5 nitrogen and oxygen atoms in total. The van der Waals surface area contributed by atoms with Crippen molar-refractivity contribution in [2.24, 2.45) is 0 Å². The molecular weight excluding hydrogens is 188 g/mol. The molecule has 0 radical (unpaired) electrons. The number of esters is 2. The molecule has 0 aromatic rings. The van der Waals surface area contributed by atoms with Crippen molar-refractivity contribution in [1.29, 1.82) is 0 Å². The number of ether oxygens (including phenoxy) is 2. The minimum absolute atomic E-state index is 0.119. The van der Waals surface area contributed by atoms with E-state index >= 15 is 0 Å². The van der Waals surface area contributed by atoms with E-state index in [4.69, 9.17) is 0 Å². The van der Waals surface area contributed by atoms with Crippen molar-refractivity contribution in [2.75, 3.05) is 6.61 Å². The predicted molar refractivity (Wildman–Crippen MR) is 47.4 cm³/mol. The molecule has 1 unspecified atom stereocenters. The largest absolute Gasteiger partial charge is 0.463 e. The van der Waals surface area contributed by atoms with E-state index in [0.29, 0.717) is 0 Å². The van der Waals surface area contributed by atoms with Gasteiger partial charge in [0.1, 0.15) is 0 Å². The Hall–Kier alpha value is -1.65. The average molecular weight is 200 g/mol. The number of hydrogen-bond donors (Lipinski definition) is 0. The van der Waals surface area contributed by atoms with E-state index in [2.05, 4.69) is 16.1 Å². The van der Waals surface area contributed by atoms with Crippen molar-refractivity contribution in [2.45, 2.75) is 20.0 Å². The molecule has 0 aliphatic rings. The van der Waals surface area contributed by atoms with Crippen LogP contribution in [0, 0.1) is 0 Å². The van der Waals surface area contributed by atoms with Crippen LogP contribution in [0.2, 0.25) is 0 Å². The van der Waals surface area contributed by atoms with Crippen molar-refractivity contribution >= 4 is 17.7 Å². The highest BCUT2D eigenvalue weighted by molar-refractivity contribution is 6.03. The number of Topliss-reactive ketones (excluding diaryl/α,β-unsaturated/α-hetero) is 1. The van der Waals surface area contributed by atoms with Gasteiger partial charge >= 0.3 is 11.9 Å². The summed E-state index contributed by atoms with van der Waals surface area (Å²) in [4.78, 5) is 32.7. The fourth-order valence-electron chi connectivity index (χ4n) is 0.679. The molecule has 0 saturated heterocycles. The average Bonchev–Trinajstić information content (AvgIpc) is 2.13. The van der Waals surface area contributed by atoms with Gasteiger partial charge in [0.2, 0.25) is 0 Å². The molecule has 0 aliphatic heterocycles. The van der Waals surface area contributed by atoms with Gasteiger partial charge in [0.15, 0.2) is 5.78 Å². The van der Waals surface area contributed by atoms with Crippen LogP contribution in [-0.4, -0.2) is 30.4 Å². The van der Waals surface area contributed by atoms with Gasteiger partial charge in [0.05, 0.1) is 6.61 Å². The van der Waals surface area contributed by atoms with Gasteiger partial charge in [0, 0.05) is 6.08 Å².